The van der Waals surface area contributed by atoms with Crippen molar-refractivity contribution in [3.05, 3.63) is 188 Å². The number of benzene rings is 4. The molecule has 8 bridgehead atoms. The topological polar surface area (TPSA) is 226 Å². The first kappa shape index (κ1) is 61.2. The number of ether oxygens (including phenoxy) is 8. The largest absolute Gasteiger partial charge is 0.491 e. The van der Waals surface area contributed by atoms with Crippen LogP contribution in [0.1, 0.15) is 118 Å². The number of fused-ring (bicyclic) bond motifs is 8. The number of hydrogen-bond acceptors (Lipinski definition) is 16. The van der Waals surface area contributed by atoms with Gasteiger partial charge in [-0.15, -0.1) is 0 Å². The molecular formula is C64H80N8O12. The van der Waals surface area contributed by atoms with Gasteiger partial charge in [0.15, 0.2) is 23.3 Å². The lowest BCUT2D eigenvalue weighted by atomic mass is 9.83. The molecular weight excluding hydrogens is 1070 g/mol. The van der Waals surface area contributed by atoms with E-state index in [4.69, 9.17) is 57.8 Å². The molecule has 0 unspecified atom stereocenters. The van der Waals surface area contributed by atoms with E-state index in [0.29, 0.717) is 139 Å². The maximum Gasteiger partial charge on any atom is 0.206 e. The highest BCUT2D eigenvalue weighted by atomic mass is 16.5. The Morgan fingerprint density at radius 2 is 0.595 bits per heavy atom. The van der Waals surface area contributed by atoms with Crippen molar-refractivity contribution in [3.63, 3.8) is 0 Å². The highest BCUT2D eigenvalue weighted by molar-refractivity contribution is 5.61. The third-order valence-corrected chi connectivity index (χ3v) is 15.1. The normalized spacial score (nSPS) is 12.7. The molecule has 1 aliphatic carbocycles. The van der Waals surface area contributed by atoms with Gasteiger partial charge in [-0.05, 0) is 143 Å². The van der Waals surface area contributed by atoms with Crippen molar-refractivity contribution in [1.82, 2.24) is 38.2 Å². The van der Waals surface area contributed by atoms with Gasteiger partial charge in [0.1, 0.15) is 49.4 Å². The molecule has 0 spiro atoms. The summed E-state index contributed by atoms with van der Waals surface area (Å²) in [5.41, 5.74) is 3.74. The zero-order chi connectivity index (χ0) is 59.4. The highest BCUT2D eigenvalue weighted by Crippen LogP contribution is 2.46. The summed E-state index contributed by atoms with van der Waals surface area (Å²) in [5, 5.41) is 50.0. The van der Waals surface area contributed by atoms with Crippen molar-refractivity contribution < 1.29 is 58.3 Å². The second-order valence-electron chi connectivity index (χ2n) is 20.8. The average Bonchev–Trinajstić information content (AvgIpc) is 4.05. The summed E-state index contributed by atoms with van der Waals surface area (Å²) in [6.07, 6.45) is 14.4. The monoisotopic (exact) mass is 1150 g/mol. The van der Waals surface area contributed by atoms with Crippen molar-refractivity contribution in [1.29, 1.82) is 0 Å². The van der Waals surface area contributed by atoms with Crippen molar-refractivity contribution >= 4 is 0 Å². The van der Waals surface area contributed by atoms with Crippen LogP contribution in [0.15, 0.2) is 98.1 Å². The summed E-state index contributed by atoms with van der Waals surface area (Å²) < 4.78 is 58.5. The van der Waals surface area contributed by atoms with Gasteiger partial charge in [0.2, 0.25) is 11.2 Å². The fraction of sp³-hybridized carbons (Fsp3) is 0.438. The Morgan fingerprint density at radius 1 is 0.369 bits per heavy atom. The zero-order valence-corrected chi connectivity index (χ0v) is 49.6. The van der Waals surface area contributed by atoms with Crippen LogP contribution in [0.25, 0.3) is 0 Å². The van der Waals surface area contributed by atoms with Crippen molar-refractivity contribution in [2.75, 3.05) is 79.3 Å². The van der Waals surface area contributed by atoms with Crippen LogP contribution in [0.5, 0.6) is 23.0 Å². The molecule has 0 radical (unpaired) electrons. The highest BCUT2D eigenvalue weighted by Gasteiger charge is 2.44. The Hall–Kier alpha value is -7.40. The van der Waals surface area contributed by atoms with E-state index in [1.54, 1.807) is 67.8 Å². The summed E-state index contributed by atoms with van der Waals surface area (Å²) in [7, 11) is 7.33. The Morgan fingerprint density at radius 3 is 0.786 bits per heavy atom. The molecule has 4 aromatic heterocycles. The third-order valence-electron chi connectivity index (χ3n) is 15.1. The number of rotatable bonds is 28. The first-order valence-electron chi connectivity index (χ1n) is 28.8. The summed E-state index contributed by atoms with van der Waals surface area (Å²) in [5.74, 6) is 3.44. The van der Waals surface area contributed by atoms with Gasteiger partial charge >= 0.3 is 0 Å². The van der Waals surface area contributed by atoms with Gasteiger partial charge in [-0.3, -0.25) is 0 Å². The Bertz CT molecular complexity index is 3070. The summed E-state index contributed by atoms with van der Waals surface area (Å²) in [4.78, 5) is 19.1. The molecule has 0 amide bonds. The van der Waals surface area contributed by atoms with Crippen LogP contribution < -0.4 is 18.9 Å². The van der Waals surface area contributed by atoms with Gasteiger partial charge in [0.25, 0.3) is 0 Å². The molecule has 20 heteroatoms. The zero-order valence-electron chi connectivity index (χ0n) is 49.6. The molecule has 0 atom stereocenters. The number of aromatic nitrogens is 8. The van der Waals surface area contributed by atoms with E-state index in [9.17, 15) is 20.4 Å². The first-order valence-corrected chi connectivity index (χ1v) is 28.8. The van der Waals surface area contributed by atoms with E-state index in [-0.39, 0.29) is 91.8 Å². The maximum atomic E-state index is 13.7. The molecule has 4 N–H and O–H groups in total. The van der Waals surface area contributed by atoms with Crippen LogP contribution in [0.2, 0.25) is 0 Å². The van der Waals surface area contributed by atoms with Gasteiger partial charge in [0, 0.05) is 130 Å². The third kappa shape index (κ3) is 13.0. The number of aryl methyl sites for hydroxylation is 4. The van der Waals surface area contributed by atoms with Crippen molar-refractivity contribution in [2.24, 2.45) is 28.2 Å². The van der Waals surface area contributed by atoms with Gasteiger partial charge < -0.3 is 76.6 Å². The molecule has 9 rings (SSSR count). The summed E-state index contributed by atoms with van der Waals surface area (Å²) >= 11 is 0. The molecule has 0 saturated carbocycles. The summed E-state index contributed by atoms with van der Waals surface area (Å²) in [6.45, 7) is 10.9. The minimum atomic E-state index is -1.93. The molecule has 448 valence electrons. The van der Waals surface area contributed by atoms with Crippen molar-refractivity contribution in [3.8, 4) is 23.0 Å². The lowest BCUT2D eigenvalue weighted by Gasteiger charge is -2.31. The lowest BCUT2D eigenvalue weighted by molar-refractivity contribution is 0.0983. The number of aliphatic hydroxyl groups excluding tert-OH is 2. The molecule has 0 fully saturated rings. The van der Waals surface area contributed by atoms with E-state index in [2.05, 4.69) is 0 Å². The van der Waals surface area contributed by atoms with Crippen LogP contribution in [0, 0.1) is 0 Å². The van der Waals surface area contributed by atoms with Crippen LogP contribution in [-0.4, -0.2) is 138 Å². The first-order chi connectivity index (χ1) is 40.8. The van der Waals surface area contributed by atoms with Crippen LogP contribution in [0.3, 0.4) is 0 Å². The lowest BCUT2D eigenvalue weighted by Crippen LogP contribution is -2.35. The quantitative estimate of drug-likeness (QED) is 0.0384. The predicted octanol–water partition coefficient (Wildman–Crippen LogP) is 6.51. The molecule has 8 aromatic rings. The number of imidazole rings is 4. The van der Waals surface area contributed by atoms with Crippen LogP contribution >= 0.6 is 0 Å². The van der Waals surface area contributed by atoms with Crippen molar-refractivity contribution in [2.45, 2.75) is 77.8 Å². The van der Waals surface area contributed by atoms with Gasteiger partial charge in [-0.2, -0.15) is 0 Å². The van der Waals surface area contributed by atoms with Gasteiger partial charge in [-0.25, -0.2) is 19.9 Å². The number of nitrogens with zero attached hydrogens (tertiary/aromatic N) is 8. The van der Waals surface area contributed by atoms with E-state index in [1.807, 2.05) is 104 Å². The molecule has 84 heavy (non-hydrogen) atoms. The maximum absolute atomic E-state index is 13.7. The molecule has 0 aliphatic heterocycles. The van der Waals surface area contributed by atoms with Gasteiger partial charge in [-0.1, -0.05) is 0 Å². The smallest absolute Gasteiger partial charge is 0.206 e. The standard InChI is InChI=1S/C64H80N8O12/c1-9-77-21-25-81-55-45-29-43(41-73)30-46(55)34-50-38-54(64(76,61-67-15-19-71(61)7)62-68-16-20-72(62)8)40-52(58(50)84-28-24-80-12-4)36-48-32-44(42-74)31-47(56(48)82-26-22-78-10-2)35-51-39-53(37-49(33-45)57(51)83-27-23-79-11-3)63(75,59-65-13-17-69(59)5)60-66-14-18-70(60)6/h13-20,29-32,37-40,73-76H,9-12,21-28,33-36,41-42H2,1-8H3. The second-order valence-corrected chi connectivity index (χ2v) is 20.8. The SMILES string of the molecule is CCOCCOc1c2cc(CO)cc1Cc1cc(C(O)(c3nccn3C)c3nccn3C)cc(c1OCCOCC)Cc1cc(CO)cc(c1OCCOCC)Cc1cc(C(O)(c3nccn3C)c3nccn3C)cc(c1OCCOCC)C2. The van der Waals surface area contributed by atoms with Crippen LogP contribution in [-0.2, 0) is 97.2 Å². The Labute approximate surface area is 491 Å². The average molecular weight is 1150 g/mol. The fourth-order valence-electron chi connectivity index (χ4n) is 11.3. The fourth-order valence-corrected chi connectivity index (χ4v) is 11.3. The molecule has 4 aromatic carbocycles. The summed E-state index contributed by atoms with van der Waals surface area (Å²) in [6, 6.07) is 15.5. The second kappa shape index (κ2) is 28.0. The molecule has 4 heterocycles. The minimum absolute atomic E-state index is 0.160. The van der Waals surface area contributed by atoms with Crippen LogP contribution in [0.4, 0.5) is 0 Å². The molecule has 20 nitrogen and oxygen atoms in total. The van der Waals surface area contributed by atoms with E-state index in [1.165, 1.54) is 0 Å². The van der Waals surface area contributed by atoms with E-state index < -0.39 is 11.2 Å². The molecule has 0 saturated heterocycles. The van der Waals surface area contributed by atoms with E-state index >= 15 is 0 Å². The Balaban J connectivity index is 1.41. The number of hydrogen-bond donors (Lipinski definition) is 4. The molecule has 1 aliphatic rings. The van der Waals surface area contributed by atoms with Gasteiger partial charge in [0.05, 0.1) is 39.6 Å². The number of aliphatic hydroxyl groups is 4. The Kier molecular flexibility index (Phi) is 20.4. The van der Waals surface area contributed by atoms with E-state index in [0.717, 1.165) is 0 Å². The minimum Gasteiger partial charge on any atom is -0.491 e. The predicted molar refractivity (Wildman–Crippen MR) is 314 cm³/mol.